The van der Waals surface area contributed by atoms with Crippen LogP contribution in [0.5, 0.6) is 0 Å². The van der Waals surface area contributed by atoms with Gasteiger partial charge >= 0.3 is 0 Å². The quantitative estimate of drug-likeness (QED) is 0.463. The predicted molar refractivity (Wildman–Crippen MR) is 50.6 cm³/mol. The van der Waals surface area contributed by atoms with Crippen molar-refractivity contribution in [1.29, 1.82) is 0 Å². The number of nitro benzene ring substituents is 1. The fraction of sp³-hybridized carbons (Fsp3) is 0.250. The second-order valence-corrected chi connectivity index (χ2v) is 2.95. The van der Waals surface area contributed by atoms with E-state index >= 15 is 0 Å². The summed E-state index contributed by atoms with van der Waals surface area (Å²) in [6, 6.07) is 3.64. The van der Waals surface area contributed by atoms with Crippen LogP contribution >= 0.6 is 12.6 Å². The molecule has 13 heavy (non-hydrogen) atoms. The summed E-state index contributed by atoms with van der Waals surface area (Å²) in [5, 5.41) is 10.2. The van der Waals surface area contributed by atoms with Gasteiger partial charge in [-0.1, -0.05) is 0 Å². The minimum Gasteiger partial charge on any atom is -0.258 e. The number of thiol groups is 1. The molecule has 0 radical (unpaired) electrons. The fourth-order valence-corrected chi connectivity index (χ4v) is 1.21. The zero-order valence-corrected chi connectivity index (χ0v) is 7.63. The van der Waals surface area contributed by atoms with Gasteiger partial charge in [-0.15, -0.1) is 0 Å². The number of rotatable bonds is 3. The Labute approximate surface area is 80.1 Å². The molecule has 0 atom stereocenters. The third-order valence-corrected chi connectivity index (χ3v) is 1.85. The number of hydrogen-bond acceptors (Lipinski definition) is 3. The molecule has 0 fully saturated rings. The van der Waals surface area contributed by atoms with Crippen LogP contribution < -0.4 is 0 Å². The number of hydrogen-bond donors (Lipinski definition) is 1. The smallest absolute Gasteiger partial charge is 0.258 e. The standard InChI is InChI=1S/C8H8FNO2S/c9-8-5-7(10(11)12)2-1-6(8)3-4-13/h1-2,5,13H,3-4H2. The van der Waals surface area contributed by atoms with Crippen molar-refractivity contribution in [1.82, 2.24) is 0 Å². The van der Waals surface area contributed by atoms with E-state index in [0.29, 0.717) is 17.7 Å². The molecule has 0 aliphatic carbocycles. The van der Waals surface area contributed by atoms with Crippen LogP contribution in [0, 0.1) is 15.9 Å². The molecule has 0 heterocycles. The van der Waals surface area contributed by atoms with Gasteiger partial charge in [-0.2, -0.15) is 12.6 Å². The summed E-state index contributed by atoms with van der Waals surface area (Å²) in [6.07, 6.45) is 0.479. The lowest BCUT2D eigenvalue weighted by Crippen LogP contribution is -1.94. The van der Waals surface area contributed by atoms with Gasteiger partial charge in [-0.05, 0) is 23.8 Å². The van der Waals surface area contributed by atoms with Crippen LogP contribution in [0.15, 0.2) is 18.2 Å². The van der Waals surface area contributed by atoms with E-state index in [1.807, 2.05) is 0 Å². The molecule has 0 bridgehead atoms. The van der Waals surface area contributed by atoms with Crippen molar-refractivity contribution < 1.29 is 9.31 Å². The molecule has 0 spiro atoms. The Kier molecular flexibility index (Phi) is 3.25. The number of aryl methyl sites for hydroxylation is 1. The molecular formula is C8H8FNO2S. The Hall–Kier alpha value is -1.10. The summed E-state index contributed by atoms with van der Waals surface area (Å²) in [5.74, 6) is -0.0161. The van der Waals surface area contributed by atoms with E-state index in [2.05, 4.69) is 12.6 Å². The monoisotopic (exact) mass is 201 g/mol. The maximum atomic E-state index is 13.1. The van der Waals surface area contributed by atoms with Crippen LogP contribution in [-0.2, 0) is 6.42 Å². The van der Waals surface area contributed by atoms with Gasteiger partial charge in [0.25, 0.3) is 5.69 Å². The van der Waals surface area contributed by atoms with E-state index in [1.165, 1.54) is 12.1 Å². The normalized spacial score (nSPS) is 10.0. The first kappa shape index (κ1) is 9.98. The molecular weight excluding hydrogens is 193 g/mol. The van der Waals surface area contributed by atoms with Crippen molar-refractivity contribution in [3.8, 4) is 0 Å². The summed E-state index contributed by atoms with van der Waals surface area (Å²) in [4.78, 5) is 9.63. The van der Waals surface area contributed by atoms with E-state index < -0.39 is 10.7 Å². The summed E-state index contributed by atoms with van der Waals surface area (Å²) >= 11 is 3.95. The lowest BCUT2D eigenvalue weighted by molar-refractivity contribution is -0.385. The van der Waals surface area contributed by atoms with Gasteiger partial charge in [0, 0.05) is 6.07 Å². The summed E-state index contributed by atoms with van der Waals surface area (Å²) in [7, 11) is 0. The molecule has 0 saturated carbocycles. The Morgan fingerprint density at radius 3 is 2.69 bits per heavy atom. The van der Waals surface area contributed by atoms with E-state index in [9.17, 15) is 14.5 Å². The zero-order chi connectivity index (χ0) is 9.84. The van der Waals surface area contributed by atoms with Crippen molar-refractivity contribution in [3.63, 3.8) is 0 Å². The van der Waals surface area contributed by atoms with Crippen LogP contribution in [0.1, 0.15) is 5.56 Å². The second-order valence-electron chi connectivity index (χ2n) is 2.51. The molecule has 0 aromatic heterocycles. The fourth-order valence-electron chi connectivity index (χ4n) is 0.973. The Bertz CT molecular complexity index is 330. The highest BCUT2D eigenvalue weighted by molar-refractivity contribution is 7.80. The lowest BCUT2D eigenvalue weighted by Gasteiger charge is -1.99. The minimum absolute atomic E-state index is 0.222. The van der Waals surface area contributed by atoms with Crippen LogP contribution in [0.4, 0.5) is 10.1 Å². The molecule has 0 aliphatic rings. The molecule has 1 aromatic carbocycles. The summed E-state index contributed by atoms with van der Waals surface area (Å²) in [5.41, 5.74) is 0.237. The van der Waals surface area contributed by atoms with Crippen molar-refractivity contribution in [2.45, 2.75) is 6.42 Å². The van der Waals surface area contributed by atoms with Gasteiger partial charge in [-0.25, -0.2) is 4.39 Å². The maximum absolute atomic E-state index is 13.1. The SMILES string of the molecule is O=[N+]([O-])c1ccc(CCS)c(F)c1. The second kappa shape index (κ2) is 4.23. The largest absolute Gasteiger partial charge is 0.272 e. The molecule has 0 aliphatic heterocycles. The number of non-ortho nitro benzene ring substituents is 1. The lowest BCUT2D eigenvalue weighted by atomic mass is 10.1. The van der Waals surface area contributed by atoms with Crippen LogP contribution in [0.2, 0.25) is 0 Å². The first-order valence-electron chi connectivity index (χ1n) is 3.69. The third kappa shape index (κ3) is 2.42. The molecule has 1 aromatic rings. The number of nitro groups is 1. The van der Waals surface area contributed by atoms with Gasteiger partial charge in [0.05, 0.1) is 11.0 Å². The minimum atomic E-state index is -0.618. The van der Waals surface area contributed by atoms with Crippen molar-refractivity contribution in [2.24, 2.45) is 0 Å². The molecule has 0 amide bonds. The molecule has 0 unspecified atom stereocenters. The van der Waals surface area contributed by atoms with Gasteiger partial charge < -0.3 is 0 Å². The topological polar surface area (TPSA) is 43.1 Å². The van der Waals surface area contributed by atoms with Gasteiger partial charge in [0.15, 0.2) is 0 Å². The first-order chi connectivity index (χ1) is 6.15. The first-order valence-corrected chi connectivity index (χ1v) is 4.32. The maximum Gasteiger partial charge on any atom is 0.272 e. The molecule has 1 rings (SSSR count). The Morgan fingerprint density at radius 2 is 2.23 bits per heavy atom. The van der Waals surface area contributed by atoms with E-state index in [4.69, 9.17) is 0 Å². The summed E-state index contributed by atoms with van der Waals surface area (Å²) < 4.78 is 13.1. The van der Waals surface area contributed by atoms with Crippen molar-refractivity contribution in [2.75, 3.05) is 5.75 Å². The predicted octanol–water partition coefficient (Wildman–Crippen LogP) is 2.21. The number of nitrogens with zero attached hydrogens (tertiary/aromatic N) is 1. The van der Waals surface area contributed by atoms with Crippen LogP contribution in [0.3, 0.4) is 0 Å². The molecule has 70 valence electrons. The zero-order valence-electron chi connectivity index (χ0n) is 6.74. The summed E-state index contributed by atoms with van der Waals surface area (Å²) in [6.45, 7) is 0. The van der Waals surface area contributed by atoms with Gasteiger partial charge in [0.2, 0.25) is 0 Å². The Balaban J connectivity index is 2.98. The van der Waals surface area contributed by atoms with Gasteiger partial charge in [-0.3, -0.25) is 10.1 Å². The number of halogens is 1. The number of benzene rings is 1. The Morgan fingerprint density at radius 1 is 1.54 bits per heavy atom. The van der Waals surface area contributed by atoms with E-state index in [0.717, 1.165) is 6.07 Å². The highest BCUT2D eigenvalue weighted by Gasteiger charge is 2.09. The average Bonchev–Trinajstić information content (AvgIpc) is 2.08. The van der Waals surface area contributed by atoms with Crippen molar-refractivity contribution in [3.05, 3.63) is 39.7 Å². The van der Waals surface area contributed by atoms with Crippen LogP contribution in [-0.4, -0.2) is 10.7 Å². The molecule has 3 nitrogen and oxygen atoms in total. The van der Waals surface area contributed by atoms with Gasteiger partial charge in [0.1, 0.15) is 5.82 Å². The van der Waals surface area contributed by atoms with Crippen LogP contribution in [0.25, 0.3) is 0 Å². The van der Waals surface area contributed by atoms with E-state index in [-0.39, 0.29) is 5.69 Å². The van der Waals surface area contributed by atoms with E-state index in [1.54, 1.807) is 0 Å². The molecule has 5 heteroatoms. The molecule has 0 N–H and O–H groups in total. The van der Waals surface area contributed by atoms with Crippen molar-refractivity contribution >= 4 is 18.3 Å². The molecule has 0 saturated heterocycles. The average molecular weight is 201 g/mol. The highest BCUT2D eigenvalue weighted by atomic mass is 32.1. The highest BCUT2D eigenvalue weighted by Crippen LogP contribution is 2.16. The third-order valence-electron chi connectivity index (χ3n) is 1.63.